The molecule has 0 amide bonds. The third-order valence-electron chi connectivity index (χ3n) is 4.17. The molecule has 1 aromatic heterocycles. The highest BCUT2D eigenvalue weighted by molar-refractivity contribution is 5.92. The molecule has 0 fully saturated rings. The van der Waals surface area contributed by atoms with Gasteiger partial charge in [-0.1, -0.05) is 18.2 Å². The predicted octanol–water partition coefficient (Wildman–Crippen LogP) is 4.21. The molecule has 6 nitrogen and oxygen atoms in total. The zero-order chi connectivity index (χ0) is 19.3. The van der Waals surface area contributed by atoms with E-state index in [4.69, 9.17) is 18.9 Å². The number of methoxy groups -OCH3 is 1. The quantitative estimate of drug-likeness (QED) is 0.492. The highest BCUT2D eigenvalue weighted by Crippen LogP contribution is 2.34. The fourth-order valence-corrected chi connectivity index (χ4v) is 2.72. The van der Waals surface area contributed by atoms with Gasteiger partial charge in [0.1, 0.15) is 0 Å². The summed E-state index contributed by atoms with van der Waals surface area (Å²) in [5.41, 5.74) is 2.32. The number of rotatable bonds is 5. The minimum absolute atomic E-state index is 0.149. The van der Waals surface area contributed by atoms with Gasteiger partial charge in [0.15, 0.2) is 23.0 Å². The lowest BCUT2D eigenvalue weighted by atomic mass is 10.1. The van der Waals surface area contributed by atoms with Gasteiger partial charge in [0.25, 0.3) is 0 Å². The SMILES string of the molecule is COc1cc(C=Cc2ccncc2)ccc1OC(=O)c1ccc2c(c1)OCO2. The van der Waals surface area contributed by atoms with Gasteiger partial charge in [0.2, 0.25) is 6.79 Å². The molecule has 0 saturated carbocycles. The fourth-order valence-electron chi connectivity index (χ4n) is 2.72. The number of pyridine rings is 1. The van der Waals surface area contributed by atoms with Gasteiger partial charge >= 0.3 is 5.97 Å². The lowest BCUT2D eigenvalue weighted by molar-refractivity contribution is 0.0729. The molecule has 0 atom stereocenters. The van der Waals surface area contributed by atoms with Gasteiger partial charge in [-0.05, 0) is 53.6 Å². The van der Waals surface area contributed by atoms with Gasteiger partial charge in [-0.3, -0.25) is 4.98 Å². The van der Waals surface area contributed by atoms with Crippen LogP contribution in [0.4, 0.5) is 0 Å². The van der Waals surface area contributed by atoms with Gasteiger partial charge in [-0.15, -0.1) is 0 Å². The Labute approximate surface area is 162 Å². The summed E-state index contributed by atoms with van der Waals surface area (Å²) in [6.07, 6.45) is 7.38. The Morgan fingerprint density at radius 1 is 0.929 bits per heavy atom. The van der Waals surface area contributed by atoms with E-state index in [1.807, 2.05) is 30.4 Å². The van der Waals surface area contributed by atoms with Crippen LogP contribution < -0.4 is 18.9 Å². The molecular formula is C22H17NO5. The van der Waals surface area contributed by atoms with Crippen LogP contribution in [-0.4, -0.2) is 24.9 Å². The molecule has 0 N–H and O–H groups in total. The van der Waals surface area contributed by atoms with Crippen molar-refractivity contribution in [3.05, 3.63) is 77.6 Å². The van der Waals surface area contributed by atoms with Crippen molar-refractivity contribution in [2.45, 2.75) is 0 Å². The molecule has 0 radical (unpaired) electrons. The predicted molar refractivity (Wildman–Crippen MR) is 104 cm³/mol. The molecule has 0 aliphatic carbocycles. The first-order valence-electron chi connectivity index (χ1n) is 8.61. The number of carbonyl (C=O) groups excluding carboxylic acids is 1. The van der Waals surface area contributed by atoms with Gasteiger partial charge in [0.05, 0.1) is 12.7 Å². The molecule has 4 rings (SSSR count). The number of benzene rings is 2. The second-order valence-electron chi connectivity index (χ2n) is 5.98. The Kier molecular flexibility index (Phi) is 4.93. The average molecular weight is 375 g/mol. The van der Waals surface area contributed by atoms with E-state index in [9.17, 15) is 4.79 Å². The van der Waals surface area contributed by atoms with E-state index < -0.39 is 5.97 Å². The summed E-state index contributed by atoms with van der Waals surface area (Å²) in [4.78, 5) is 16.5. The van der Waals surface area contributed by atoms with E-state index in [1.54, 1.807) is 42.7 Å². The summed E-state index contributed by atoms with van der Waals surface area (Å²) in [6.45, 7) is 0.149. The second kappa shape index (κ2) is 7.84. The Morgan fingerprint density at radius 3 is 2.54 bits per heavy atom. The maximum Gasteiger partial charge on any atom is 0.343 e. The van der Waals surface area contributed by atoms with E-state index in [1.165, 1.54) is 7.11 Å². The molecule has 6 heteroatoms. The summed E-state index contributed by atoms with van der Waals surface area (Å²) in [6, 6.07) is 14.1. The van der Waals surface area contributed by atoms with Gasteiger partial charge in [-0.2, -0.15) is 0 Å². The number of nitrogens with zero attached hydrogens (tertiary/aromatic N) is 1. The molecule has 0 spiro atoms. The van der Waals surface area contributed by atoms with Crippen molar-refractivity contribution in [3.8, 4) is 23.0 Å². The smallest absolute Gasteiger partial charge is 0.343 e. The number of aromatic nitrogens is 1. The van der Waals surface area contributed by atoms with Crippen LogP contribution in [0.3, 0.4) is 0 Å². The summed E-state index contributed by atoms with van der Waals surface area (Å²) >= 11 is 0. The maximum atomic E-state index is 12.5. The van der Waals surface area contributed by atoms with Crippen molar-refractivity contribution in [1.29, 1.82) is 0 Å². The van der Waals surface area contributed by atoms with E-state index in [2.05, 4.69) is 4.98 Å². The highest BCUT2D eigenvalue weighted by atomic mass is 16.7. The average Bonchev–Trinajstić information content (AvgIpc) is 3.21. The molecule has 2 aromatic carbocycles. The minimum Gasteiger partial charge on any atom is -0.493 e. The van der Waals surface area contributed by atoms with E-state index in [-0.39, 0.29) is 6.79 Å². The Hall–Kier alpha value is -3.80. The summed E-state index contributed by atoms with van der Waals surface area (Å²) in [5, 5.41) is 0. The van der Waals surface area contributed by atoms with Crippen molar-refractivity contribution in [3.63, 3.8) is 0 Å². The summed E-state index contributed by atoms with van der Waals surface area (Å²) < 4.78 is 21.4. The van der Waals surface area contributed by atoms with E-state index >= 15 is 0 Å². The first-order valence-corrected chi connectivity index (χ1v) is 8.61. The standard InChI is InChI=1S/C22H17NO5/c1-25-20-12-16(3-2-15-8-10-23-11-9-15)4-6-19(20)28-22(24)17-5-7-18-21(13-17)27-14-26-18/h2-13H,14H2,1H3. The molecule has 1 aliphatic heterocycles. The van der Waals surface area contributed by atoms with Crippen LogP contribution in [0.25, 0.3) is 12.2 Å². The number of carbonyl (C=O) groups is 1. The van der Waals surface area contributed by atoms with Crippen LogP contribution in [0, 0.1) is 0 Å². The van der Waals surface area contributed by atoms with Crippen molar-refractivity contribution in [2.75, 3.05) is 13.9 Å². The zero-order valence-corrected chi connectivity index (χ0v) is 15.1. The molecule has 28 heavy (non-hydrogen) atoms. The Bertz CT molecular complexity index is 1030. The molecule has 1 aliphatic rings. The summed E-state index contributed by atoms with van der Waals surface area (Å²) in [7, 11) is 1.53. The number of hydrogen-bond acceptors (Lipinski definition) is 6. The van der Waals surface area contributed by atoms with Gasteiger partial charge in [-0.25, -0.2) is 4.79 Å². The molecule has 0 bridgehead atoms. The zero-order valence-electron chi connectivity index (χ0n) is 15.1. The number of fused-ring (bicyclic) bond motifs is 1. The van der Waals surface area contributed by atoms with Crippen LogP contribution in [0.1, 0.15) is 21.5 Å². The first kappa shape index (κ1) is 17.6. The third-order valence-corrected chi connectivity index (χ3v) is 4.17. The van der Waals surface area contributed by atoms with Crippen LogP contribution in [0.5, 0.6) is 23.0 Å². The van der Waals surface area contributed by atoms with Crippen molar-refractivity contribution < 1.29 is 23.7 Å². The van der Waals surface area contributed by atoms with E-state index in [0.29, 0.717) is 28.6 Å². The van der Waals surface area contributed by atoms with Crippen LogP contribution in [0.15, 0.2) is 60.9 Å². The monoisotopic (exact) mass is 375 g/mol. The molecule has 0 unspecified atom stereocenters. The Morgan fingerprint density at radius 2 is 1.71 bits per heavy atom. The molecular weight excluding hydrogens is 358 g/mol. The van der Waals surface area contributed by atoms with E-state index in [0.717, 1.165) is 11.1 Å². The maximum absolute atomic E-state index is 12.5. The van der Waals surface area contributed by atoms with Crippen molar-refractivity contribution in [1.82, 2.24) is 4.98 Å². The molecule has 2 heterocycles. The number of hydrogen-bond donors (Lipinski definition) is 0. The second-order valence-corrected chi connectivity index (χ2v) is 5.98. The van der Waals surface area contributed by atoms with Gasteiger partial charge < -0.3 is 18.9 Å². The van der Waals surface area contributed by atoms with Gasteiger partial charge in [0, 0.05) is 12.4 Å². The topological polar surface area (TPSA) is 66.9 Å². The highest BCUT2D eigenvalue weighted by Gasteiger charge is 2.18. The number of esters is 1. The van der Waals surface area contributed by atoms with Crippen molar-refractivity contribution >= 4 is 18.1 Å². The lowest BCUT2D eigenvalue weighted by Gasteiger charge is -2.10. The molecule has 3 aromatic rings. The third kappa shape index (κ3) is 3.81. The van der Waals surface area contributed by atoms with Crippen LogP contribution in [-0.2, 0) is 0 Å². The first-order chi connectivity index (χ1) is 13.7. The molecule has 140 valence electrons. The van der Waals surface area contributed by atoms with Crippen LogP contribution in [0.2, 0.25) is 0 Å². The largest absolute Gasteiger partial charge is 0.493 e. The molecule has 0 saturated heterocycles. The fraction of sp³-hybridized carbons (Fsp3) is 0.0909. The van der Waals surface area contributed by atoms with Crippen LogP contribution >= 0.6 is 0 Å². The normalized spacial score (nSPS) is 12.2. The van der Waals surface area contributed by atoms with Crippen molar-refractivity contribution in [2.24, 2.45) is 0 Å². The minimum atomic E-state index is -0.503. The number of ether oxygens (including phenoxy) is 4. The Balaban J connectivity index is 1.51. The summed E-state index contributed by atoms with van der Waals surface area (Å²) in [5.74, 6) is 1.44. The lowest BCUT2D eigenvalue weighted by Crippen LogP contribution is -2.09.